The average Bonchev–Trinajstić information content (AvgIpc) is 2.84. The minimum absolute atomic E-state index is 0.346. The molecule has 0 spiro atoms. The molecule has 2 heterocycles. The summed E-state index contributed by atoms with van der Waals surface area (Å²) in [6.45, 7) is 5.03. The number of rotatable bonds is 4. The Labute approximate surface area is 97.2 Å². The van der Waals surface area contributed by atoms with Gasteiger partial charge in [0, 0.05) is 22.8 Å². The normalized spacial score (nSPS) is 12.9. The van der Waals surface area contributed by atoms with Gasteiger partial charge >= 0.3 is 0 Å². The first-order valence-corrected chi connectivity index (χ1v) is 6.60. The van der Waals surface area contributed by atoms with Crippen LogP contribution in [-0.2, 0) is 6.54 Å². The van der Waals surface area contributed by atoms with E-state index in [2.05, 4.69) is 27.6 Å². The summed E-state index contributed by atoms with van der Waals surface area (Å²) < 4.78 is 0. The molecule has 2 aromatic heterocycles. The molecule has 0 bridgehead atoms. The molecule has 0 aliphatic carbocycles. The predicted molar refractivity (Wildman–Crippen MR) is 64.2 cm³/mol. The van der Waals surface area contributed by atoms with Crippen LogP contribution in [-0.4, -0.2) is 9.97 Å². The van der Waals surface area contributed by atoms with Crippen molar-refractivity contribution < 1.29 is 0 Å². The van der Waals surface area contributed by atoms with Crippen molar-refractivity contribution in [2.24, 2.45) is 0 Å². The van der Waals surface area contributed by atoms with Gasteiger partial charge in [0.2, 0.25) is 0 Å². The Morgan fingerprint density at radius 2 is 2.27 bits per heavy atom. The first kappa shape index (κ1) is 10.7. The number of nitrogens with zero attached hydrogens (tertiary/aromatic N) is 2. The van der Waals surface area contributed by atoms with Gasteiger partial charge in [0.25, 0.3) is 0 Å². The number of nitrogens with one attached hydrogen (secondary N) is 1. The lowest BCUT2D eigenvalue weighted by Gasteiger charge is -2.11. The number of aryl methyl sites for hydroxylation is 1. The second-order valence-electron chi connectivity index (χ2n) is 3.38. The molecule has 0 radical (unpaired) electrons. The highest BCUT2D eigenvalue weighted by Crippen LogP contribution is 2.21. The molecule has 5 heteroatoms. The molecule has 0 aromatic carbocycles. The summed E-state index contributed by atoms with van der Waals surface area (Å²) in [5, 5.41) is 5.51. The Balaban J connectivity index is 1.93. The summed E-state index contributed by atoms with van der Waals surface area (Å²) in [6.07, 6.45) is 0. The number of hydrogen-bond acceptors (Lipinski definition) is 5. The van der Waals surface area contributed by atoms with Crippen LogP contribution in [0, 0.1) is 6.92 Å². The van der Waals surface area contributed by atoms with Crippen molar-refractivity contribution in [2.45, 2.75) is 26.4 Å². The van der Waals surface area contributed by atoms with E-state index < -0.39 is 0 Å². The smallest absolute Gasteiger partial charge is 0.0798 e. The second-order valence-corrected chi connectivity index (χ2v) is 4.99. The number of thiazole rings is 2. The molecular formula is C10H13N3S2. The highest BCUT2D eigenvalue weighted by molar-refractivity contribution is 7.09. The highest BCUT2D eigenvalue weighted by atomic mass is 32.1. The summed E-state index contributed by atoms with van der Waals surface area (Å²) in [5.41, 5.74) is 5.98. The van der Waals surface area contributed by atoms with Crippen LogP contribution in [0.5, 0.6) is 0 Å². The number of aromatic nitrogens is 2. The van der Waals surface area contributed by atoms with E-state index in [9.17, 15) is 0 Å². The quantitative estimate of drug-likeness (QED) is 0.891. The zero-order valence-corrected chi connectivity index (χ0v) is 10.4. The van der Waals surface area contributed by atoms with Gasteiger partial charge in [-0.3, -0.25) is 0 Å². The summed E-state index contributed by atoms with van der Waals surface area (Å²) in [5.74, 6) is 0. The van der Waals surface area contributed by atoms with Crippen LogP contribution >= 0.6 is 22.7 Å². The van der Waals surface area contributed by atoms with Crippen molar-refractivity contribution in [3.8, 4) is 0 Å². The largest absolute Gasteiger partial charge is 0.304 e. The Hall–Kier alpha value is -0.780. The van der Waals surface area contributed by atoms with E-state index in [4.69, 9.17) is 0 Å². The van der Waals surface area contributed by atoms with Crippen molar-refractivity contribution in [3.05, 3.63) is 32.7 Å². The van der Waals surface area contributed by atoms with Crippen molar-refractivity contribution in [3.63, 3.8) is 0 Å². The molecule has 0 aliphatic heterocycles. The van der Waals surface area contributed by atoms with E-state index in [0.717, 1.165) is 17.9 Å². The molecule has 0 saturated carbocycles. The molecule has 1 N–H and O–H groups in total. The van der Waals surface area contributed by atoms with Gasteiger partial charge in [0.05, 0.1) is 22.4 Å². The maximum atomic E-state index is 4.25. The van der Waals surface area contributed by atoms with Crippen molar-refractivity contribution in [1.82, 2.24) is 15.3 Å². The molecule has 1 unspecified atom stereocenters. The van der Waals surface area contributed by atoms with E-state index in [0.29, 0.717) is 6.04 Å². The van der Waals surface area contributed by atoms with Crippen molar-refractivity contribution >= 4 is 22.7 Å². The Bertz CT molecular complexity index is 408. The van der Waals surface area contributed by atoms with Gasteiger partial charge in [0.15, 0.2) is 0 Å². The highest BCUT2D eigenvalue weighted by Gasteiger charge is 2.10. The van der Waals surface area contributed by atoms with Gasteiger partial charge in [0.1, 0.15) is 0 Å². The molecular weight excluding hydrogens is 226 g/mol. The molecule has 0 aliphatic rings. The van der Waals surface area contributed by atoms with E-state index >= 15 is 0 Å². The van der Waals surface area contributed by atoms with Crippen LogP contribution in [0.2, 0.25) is 0 Å². The second kappa shape index (κ2) is 4.83. The Morgan fingerprint density at radius 1 is 1.40 bits per heavy atom. The van der Waals surface area contributed by atoms with Gasteiger partial charge in [-0.2, -0.15) is 0 Å². The SMILES string of the molecule is Cc1ncsc1C(C)NCc1cscn1. The van der Waals surface area contributed by atoms with Crippen molar-refractivity contribution in [1.29, 1.82) is 0 Å². The van der Waals surface area contributed by atoms with Crippen LogP contribution in [0.4, 0.5) is 0 Å². The average molecular weight is 239 g/mol. The van der Waals surface area contributed by atoms with Gasteiger partial charge in [-0.25, -0.2) is 9.97 Å². The Morgan fingerprint density at radius 3 is 2.87 bits per heavy atom. The summed E-state index contributed by atoms with van der Waals surface area (Å²) in [6, 6.07) is 0.346. The van der Waals surface area contributed by atoms with E-state index in [1.54, 1.807) is 22.7 Å². The van der Waals surface area contributed by atoms with E-state index in [-0.39, 0.29) is 0 Å². The van der Waals surface area contributed by atoms with Crippen LogP contribution in [0.3, 0.4) is 0 Å². The fourth-order valence-electron chi connectivity index (χ4n) is 1.40. The molecule has 2 rings (SSSR count). The maximum absolute atomic E-state index is 4.25. The molecule has 0 amide bonds. The molecule has 3 nitrogen and oxygen atoms in total. The molecule has 2 aromatic rings. The lowest BCUT2D eigenvalue weighted by atomic mass is 10.2. The van der Waals surface area contributed by atoms with Crippen LogP contribution < -0.4 is 5.32 Å². The van der Waals surface area contributed by atoms with E-state index in [1.165, 1.54) is 4.88 Å². The Kier molecular flexibility index (Phi) is 3.45. The maximum Gasteiger partial charge on any atom is 0.0798 e. The third kappa shape index (κ3) is 2.62. The summed E-state index contributed by atoms with van der Waals surface area (Å²) in [4.78, 5) is 9.79. The van der Waals surface area contributed by atoms with Gasteiger partial charge in [-0.05, 0) is 13.8 Å². The minimum Gasteiger partial charge on any atom is -0.304 e. The zero-order chi connectivity index (χ0) is 10.7. The number of hydrogen-bond donors (Lipinski definition) is 1. The fourth-order valence-corrected chi connectivity index (χ4v) is 2.80. The molecule has 80 valence electrons. The molecule has 0 fully saturated rings. The molecule has 15 heavy (non-hydrogen) atoms. The van der Waals surface area contributed by atoms with Crippen molar-refractivity contribution in [2.75, 3.05) is 0 Å². The predicted octanol–water partition coefficient (Wildman–Crippen LogP) is 2.76. The summed E-state index contributed by atoms with van der Waals surface area (Å²) in [7, 11) is 0. The van der Waals surface area contributed by atoms with Gasteiger partial charge in [-0.1, -0.05) is 0 Å². The molecule has 0 saturated heterocycles. The van der Waals surface area contributed by atoms with Crippen LogP contribution in [0.25, 0.3) is 0 Å². The van der Waals surface area contributed by atoms with Crippen LogP contribution in [0.1, 0.15) is 29.2 Å². The first-order valence-electron chi connectivity index (χ1n) is 4.78. The van der Waals surface area contributed by atoms with Gasteiger partial charge < -0.3 is 5.32 Å². The first-order chi connectivity index (χ1) is 7.27. The van der Waals surface area contributed by atoms with Crippen LogP contribution in [0.15, 0.2) is 16.4 Å². The summed E-state index contributed by atoms with van der Waals surface area (Å²) >= 11 is 3.33. The minimum atomic E-state index is 0.346. The van der Waals surface area contributed by atoms with Gasteiger partial charge in [-0.15, -0.1) is 22.7 Å². The van der Waals surface area contributed by atoms with E-state index in [1.807, 2.05) is 17.9 Å². The third-order valence-electron chi connectivity index (χ3n) is 2.25. The topological polar surface area (TPSA) is 37.8 Å². The standard InChI is InChI=1S/C10H13N3S2/c1-7(10-8(2)12-6-15-10)11-3-9-4-14-5-13-9/h4-7,11H,3H2,1-2H3. The fraction of sp³-hybridized carbons (Fsp3) is 0.400. The molecule has 1 atom stereocenters. The lowest BCUT2D eigenvalue weighted by Crippen LogP contribution is -2.18. The lowest BCUT2D eigenvalue weighted by molar-refractivity contribution is 0.574. The monoisotopic (exact) mass is 239 g/mol. The third-order valence-corrected chi connectivity index (χ3v) is 4.00. The zero-order valence-electron chi connectivity index (χ0n) is 8.73.